The Labute approximate surface area is 101 Å². The number of ketones is 1. The summed E-state index contributed by atoms with van der Waals surface area (Å²) >= 11 is 0. The molecule has 0 aliphatic rings. The van der Waals surface area contributed by atoms with Crippen LogP contribution in [0.4, 0.5) is 13.2 Å². The summed E-state index contributed by atoms with van der Waals surface area (Å²) in [5.41, 5.74) is 0.246. The molecular formula is C13H8F3NO. The molecule has 0 N–H and O–H groups in total. The summed E-state index contributed by atoms with van der Waals surface area (Å²) in [7, 11) is 0. The fourth-order valence-electron chi connectivity index (χ4n) is 1.54. The monoisotopic (exact) mass is 251 g/mol. The van der Waals surface area contributed by atoms with E-state index in [9.17, 15) is 18.0 Å². The normalized spacial score (nSPS) is 10.4. The third-order valence-corrected chi connectivity index (χ3v) is 2.44. The molecule has 0 amide bonds. The summed E-state index contributed by atoms with van der Waals surface area (Å²) in [6.07, 6.45) is 1.39. The van der Waals surface area contributed by atoms with Crippen molar-refractivity contribution in [3.63, 3.8) is 0 Å². The average Bonchev–Trinajstić information content (AvgIpc) is 2.35. The Balaban J connectivity index is 2.50. The largest absolute Gasteiger partial charge is 0.288 e. The summed E-state index contributed by atoms with van der Waals surface area (Å²) in [5.74, 6) is -5.16. The molecule has 0 radical (unpaired) electrons. The molecule has 0 bridgehead atoms. The number of benzene rings is 1. The number of aromatic nitrogens is 1. The standard InChI is InChI=1S/C13H8F3NO/c1-7-6-8(4-5-17-7)13(18)9-2-3-10(14)12(16)11(9)15/h2-6H,1H3. The predicted octanol–water partition coefficient (Wildman–Crippen LogP) is 3.04. The second-order valence-corrected chi connectivity index (χ2v) is 3.74. The van der Waals surface area contributed by atoms with Gasteiger partial charge in [0.1, 0.15) is 0 Å². The lowest BCUT2D eigenvalue weighted by Gasteiger charge is -2.04. The summed E-state index contributed by atoms with van der Waals surface area (Å²) in [6.45, 7) is 1.67. The lowest BCUT2D eigenvalue weighted by molar-refractivity contribution is 0.103. The highest BCUT2D eigenvalue weighted by molar-refractivity contribution is 6.09. The molecule has 0 spiro atoms. The SMILES string of the molecule is Cc1cc(C(=O)c2ccc(F)c(F)c2F)ccn1. The molecule has 1 aromatic heterocycles. The quantitative estimate of drug-likeness (QED) is 0.606. The van der Waals surface area contributed by atoms with Crippen LogP contribution in [0, 0.1) is 24.4 Å². The van der Waals surface area contributed by atoms with Crippen molar-refractivity contribution >= 4 is 5.78 Å². The highest BCUT2D eigenvalue weighted by Gasteiger charge is 2.19. The van der Waals surface area contributed by atoms with E-state index in [0.29, 0.717) is 5.69 Å². The van der Waals surface area contributed by atoms with Crippen molar-refractivity contribution in [2.75, 3.05) is 0 Å². The van der Waals surface area contributed by atoms with E-state index < -0.39 is 28.8 Å². The zero-order valence-corrected chi connectivity index (χ0v) is 9.38. The number of pyridine rings is 1. The molecule has 2 rings (SSSR count). The molecule has 0 aliphatic heterocycles. The maximum Gasteiger partial charge on any atom is 0.196 e. The second kappa shape index (κ2) is 4.60. The molecular weight excluding hydrogens is 243 g/mol. The van der Waals surface area contributed by atoms with Crippen LogP contribution in [0.2, 0.25) is 0 Å². The Kier molecular flexibility index (Phi) is 3.14. The molecule has 0 aliphatic carbocycles. The van der Waals surface area contributed by atoms with Gasteiger partial charge in [0.15, 0.2) is 23.2 Å². The van der Waals surface area contributed by atoms with Gasteiger partial charge in [0, 0.05) is 17.5 Å². The van der Waals surface area contributed by atoms with E-state index in [1.165, 1.54) is 18.3 Å². The van der Waals surface area contributed by atoms with Crippen LogP contribution in [0.3, 0.4) is 0 Å². The van der Waals surface area contributed by atoms with Crippen molar-refractivity contribution in [1.29, 1.82) is 0 Å². The molecule has 0 saturated carbocycles. The molecule has 2 aromatic rings. The first kappa shape index (κ1) is 12.3. The van der Waals surface area contributed by atoms with Crippen molar-refractivity contribution in [1.82, 2.24) is 4.98 Å². The van der Waals surface area contributed by atoms with Gasteiger partial charge in [-0.05, 0) is 31.2 Å². The highest BCUT2D eigenvalue weighted by Crippen LogP contribution is 2.18. The molecule has 5 heteroatoms. The van der Waals surface area contributed by atoms with E-state index >= 15 is 0 Å². The average molecular weight is 251 g/mol. The molecule has 1 heterocycles. The zero-order chi connectivity index (χ0) is 13.3. The predicted molar refractivity (Wildman–Crippen MR) is 58.7 cm³/mol. The number of carbonyl (C=O) groups is 1. The fourth-order valence-corrected chi connectivity index (χ4v) is 1.54. The highest BCUT2D eigenvalue weighted by atomic mass is 19.2. The van der Waals surface area contributed by atoms with Gasteiger partial charge in [0.05, 0.1) is 5.56 Å². The van der Waals surface area contributed by atoms with Gasteiger partial charge < -0.3 is 0 Å². The summed E-state index contributed by atoms with van der Waals surface area (Å²) in [5, 5.41) is 0. The van der Waals surface area contributed by atoms with Crippen LogP contribution in [0.15, 0.2) is 30.5 Å². The molecule has 18 heavy (non-hydrogen) atoms. The first-order valence-corrected chi connectivity index (χ1v) is 5.11. The summed E-state index contributed by atoms with van der Waals surface area (Å²) < 4.78 is 39.2. The van der Waals surface area contributed by atoms with Crippen LogP contribution in [0.5, 0.6) is 0 Å². The van der Waals surface area contributed by atoms with Crippen molar-refractivity contribution in [2.45, 2.75) is 6.92 Å². The van der Waals surface area contributed by atoms with E-state index in [4.69, 9.17) is 0 Å². The number of hydrogen-bond acceptors (Lipinski definition) is 2. The van der Waals surface area contributed by atoms with Crippen LogP contribution in [-0.2, 0) is 0 Å². The van der Waals surface area contributed by atoms with Gasteiger partial charge in [-0.1, -0.05) is 0 Å². The second-order valence-electron chi connectivity index (χ2n) is 3.74. The Morgan fingerprint density at radius 1 is 1.11 bits per heavy atom. The Bertz CT molecular complexity index is 626. The lowest BCUT2D eigenvalue weighted by Crippen LogP contribution is -2.07. The van der Waals surface area contributed by atoms with Gasteiger partial charge in [-0.3, -0.25) is 9.78 Å². The Morgan fingerprint density at radius 2 is 1.83 bits per heavy atom. The number of carbonyl (C=O) groups excluding carboxylic acids is 1. The minimum atomic E-state index is -1.65. The van der Waals surface area contributed by atoms with Gasteiger partial charge >= 0.3 is 0 Å². The van der Waals surface area contributed by atoms with Gasteiger partial charge in [-0.2, -0.15) is 0 Å². The summed E-state index contributed by atoms with van der Waals surface area (Å²) in [4.78, 5) is 15.8. The van der Waals surface area contributed by atoms with Gasteiger partial charge in [-0.25, -0.2) is 13.2 Å². The van der Waals surface area contributed by atoms with Crippen molar-refractivity contribution in [3.8, 4) is 0 Å². The van der Waals surface area contributed by atoms with Gasteiger partial charge in [0.2, 0.25) is 0 Å². The first-order chi connectivity index (χ1) is 8.50. The van der Waals surface area contributed by atoms with Crippen LogP contribution < -0.4 is 0 Å². The van der Waals surface area contributed by atoms with E-state index in [0.717, 1.165) is 12.1 Å². The van der Waals surface area contributed by atoms with E-state index in [1.807, 2.05) is 0 Å². The van der Waals surface area contributed by atoms with Crippen LogP contribution in [0.25, 0.3) is 0 Å². The maximum absolute atomic E-state index is 13.4. The van der Waals surface area contributed by atoms with Gasteiger partial charge in [0.25, 0.3) is 0 Å². The molecule has 0 unspecified atom stereocenters. The third-order valence-electron chi connectivity index (χ3n) is 2.44. The maximum atomic E-state index is 13.4. The molecule has 0 fully saturated rings. The first-order valence-electron chi connectivity index (χ1n) is 5.11. The summed E-state index contributed by atoms with van der Waals surface area (Å²) in [6, 6.07) is 4.48. The van der Waals surface area contributed by atoms with Gasteiger partial charge in [-0.15, -0.1) is 0 Å². The third kappa shape index (κ3) is 2.11. The topological polar surface area (TPSA) is 30.0 Å². The fraction of sp³-hybridized carbons (Fsp3) is 0.0769. The van der Waals surface area contributed by atoms with Crippen molar-refractivity contribution in [2.24, 2.45) is 0 Å². The molecule has 0 saturated heterocycles. The number of hydrogen-bond donors (Lipinski definition) is 0. The molecule has 2 nitrogen and oxygen atoms in total. The van der Waals surface area contributed by atoms with E-state index in [-0.39, 0.29) is 5.56 Å². The Hall–Kier alpha value is -2.17. The van der Waals surface area contributed by atoms with Crippen molar-refractivity contribution in [3.05, 3.63) is 64.7 Å². The molecule has 0 atom stereocenters. The van der Waals surface area contributed by atoms with Crippen LogP contribution in [0.1, 0.15) is 21.6 Å². The van der Waals surface area contributed by atoms with Crippen LogP contribution in [-0.4, -0.2) is 10.8 Å². The number of rotatable bonds is 2. The number of halogens is 3. The zero-order valence-electron chi connectivity index (χ0n) is 9.38. The van der Waals surface area contributed by atoms with Crippen molar-refractivity contribution < 1.29 is 18.0 Å². The smallest absolute Gasteiger partial charge is 0.196 e. The minimum Gasteiger partial charge on any atom is -0.288 e. The number of aryl methyl sites for hydroxylation is 1. The molecule has 92 valence electrons. The van der Waals surface area contributed by atoms with Crippen LogP contribution >= 0.6 is 0 Å². The lowest BCUT2D eigenvalue weighted by atomic mass is 10.0. The minimum absolute atomic E-state index is 0.174. The molecule has 1 aromatic carbocycles. The van der Waals surface area contributed by atoms with E-state index in [1.54, 1.807) is 6.92 Å². The van der Waals surface area contributed by atoms with E-state index in [2.05, 4.69) is 4.98 Å². The number of nitrogens with zero attached hydrogens (tertiary/aromatic N) is 1. The Morgan fingerprint density at radius 3 is 2.50 bits per heavy atom.